The number of urea groups is 1. The van der Waals surface area contributed by atoms with Gasteiger partial charge in [-0.15, -0.1) is 0 Å². The highest BCUT2D eigenvalue weighted by Crippen LogP contribution is 2.20. The van der Waals surface area contributed by atoms with Crippen LogP contribution in [0.1, 0.15) is 0 Å². The van der Waals surface area contributed by atoms with Gasteiger partial charge < -0.3 is 20.1 Å². The Balaban J connectivity index is 1.99. The molecule has 2 atom stereocenters. The molecule has 0 aliphatic carbocycles. The molecule has 0 saturated carbocycles. The maximum atomic E-state index is 11.9. The minimum Gasteiger partial charge on any atom is -0.481 e. The Labute approximate surface area is 108 Å². The van der Waals surface area contributed by atoms with Gasteiger partial charge in [-0.25, -0.2) is 4.79 Å². The normalized spacial score (nSPS) is 22.7. The minimum absolute atomic E-state index is 0.149. The average Bonchev–Trinajstić information content (AvgIpc) is 2.97. The number of anilines is 1. The molecule has 1 fully saturated rings. The number of thiophene rings is 1. The molecule has 2 unspecified atom stereocenters. The summed E-state index contributed by atoms with van der Waals surface area (Å²) in [6.07, 6.45) is 0. The molecule has 0 aromatic carbocycles. The number of hydrogen-bond acceptors (Lipinski definition) is 4. The summed E-state index contributed by atoms with van der Waals surface area (Å²) >= 11 is 1.48. The van der Waals surface area contributed by atoms with Gasteiger partial charge in [0.05, 0.1) is 24.9 Å². The molecule has 2 N–H and O–H groups in total. The lowest BCUT2D eigenvalue weighted by Crippen LogP contribution is -2.45. The lowest BCUT2D eigenvalue weighted by atomic mass is 10.0. The van der Waals surface area contributed by atoms with E-state index in [1.807, 2.05) is 10.8 Å². The smallest absolute Gasteiger partial charge is 0.321 e. The number of hydrogen-bond donors (Lipinski definition) is 2. The quantitative estimate of drug-likeness (QED) is 0.868. The van der Waals surface area contributed by atoms with E-state index in [0.717, 1.165) is 0 Å². The van der Waals surface area contributed by atoms with E-state index in [2.05, 4.69) is 5.32 Å². The zero-order valence-electron chi connectivity index (χ0n) is 9.83. The van der Waals surface area contributed by atoms with Crippen molar-refractivity contribution in [1.82, 2.24) is 4.90 Å². The van der Waals surface area contributed by atoms with E-state index in [9.17, 15) is 9.59 Å². The van der Waals surface area contributed by atoms with E-state index in [4.69, 9.17) is 9.84 Å². The molecular weight excluding hydrogens is 256 g/mol. The van der Waals surface area contributed by atoms with Crippen molar-refractivity contribution in [3.8, 4) is 0 Å². The maximum Gasteiger partial charge on any atom is 0.321 e. The summed E-state index contributed by atoms with van der Waals surface area (Å²) in [5.41, 5.74) is 0.711. The monoisotopic (exact) mass is 270 g/mol. The first-order valence-corrected chi connectivity index (χ1v) is 6.40. The van der Waals surface area contributed by atoms with E-state index < -0.39 is 17.9 Å². The SMILES string of the molecule is CN(C(=O)Nc1ccsc1)C1COCC1C(=O)O. The highest BCUT2D eigenvalue weighted by molar-refractivity contribution is 7.08. The van der Waals surface area contributed by atoms with Gasteiger partial charge in [0.15, 0.2) is 0 Å². The van der Waals surface area contributed by atoms with Crippen LogP contribution in [0.5, 0.6) is 0 Å². The molecule has 1 aromatic heterocycles. The Morgan fingerprint density at radius 2 is 2.33 bits per heavy atom. The first-order valence-electron chi connectivity index (χ1n) is 5.46. The molecular formula is C11H14N2O4S. The molecule has 1 aliphatic heterocycles. The second kappa shape index (κ2) is 5.36. The van der Waals surface area contributed by atoms with E-state index in [1.165, 1.54) is 16.2 Å². The number of carbonyl (C=O) groups excluding carboxylic acids is 1. The van der Waals surface area contributed by atoms with Crippen LogP contribution in [0.4, 0.5) is 10.5 Å². The van der Waals surface area contributed by atoms with Gasteiger partial charge in [0, 0.05) is 12.4 Å². The van der Waals surface area contributed by atoms with Crippen molar-refractivity contribution >= 4 is 29.0 Å². The fraction of sp³-hybridized carbons (Fsp3) is 0.455. The third-order valence-electron chi connectivity index (χ3n) is 2.96. The van der Waals surface area contributed by atoms with Crippen molar-refractivity contribution in [3.63, 3.8) is 0 Å². The number of nitrogens with zero attached hydrogens (tertiary/aromatic N) is 1. The second-order valence-corrected chi connectivity index (χ2v) is 4.88. The van der Waals surface area contributed by atoms with Crippen LogP contribution in [-0.2, 0) is 9.53 Å². The molecule has 2 heterocycles. The third kappa shape index (κ3) is 2.62. The number of carboxylic acid groups (broad SMARTS) is 1. The van der Waals surface area contributed by atoms with Gasteiger partial charge in [0.25, 0.3) is 0 Å². The van der Waals surface area contributed by atoms with Gasteiger partial charge in [-0.3, -0.25) is 4.79 Å². The van der Waals surface area contributed by atoms with Gasteiger partial charge in [0.2, 0.25) is 0 Å². The molecule has 2 rings (SSSR count). The summed E-state index contributed by atoms with van der Waals surface area (Å²) in [6.45, 7) is 0.403. The van der Waals surface area contributed by atoms with Crippen LogP contribution in [0.2, 0.25) is 0 Å². The van der Waals surface area contributed by atoms with Crippen molar-refractivity contribution in [1.29, 1.82) is 0 Å². The maximum absolute atomic E-state index is 11.9. The molecule has 1 saturated heterocycles. The molecule has 0 spiro atoms. The highest BCUT2D eigenvalue weighted by Gasteiger charge is 2.38. The molecule has 98 valence electrons. The predicted molar refractivity (Wildman–Crippen MR) is 66.8 cm³/mol. The van der Waals surface area contributed by atoms with Crippen LogP contribution in [0.25, 0.3) is 0 Å². The fourth-order valence-corrected chi connectivity index (χ4v) is 2.45. The topological polar surface area (TPSA) is 78.9 Å². The molecule has 2 amide bonds. The molecule has 0 radical (unpaired) electrons. The number of carbonyl (C=O) groups is 2. The van der Waals surface area contributed by atoms with E-state index in [-0.39, 0.29) is 19.2 Å². The Hall–Kier alpha value is -1.60. The number of aliphatic carboxylic acids is 1. The summed E-state index contributed by atoms with van der Waals surface area (Å²) in [6, 6.07) is 1.03. The van der Waals surface area contributed by atoms with Crippen LogP contribution >= 0.6 is 11.3 Å². The first kappa shape index (κ1) is 12.8. The predicted octanol–water partition coefficient (Wildman–Crippen LogP) is 1.31. The molecule has 6 nitrogen and oxygen atoms in total. The molecule has 1 aromatic rings. The number of carboxylic acids is 1. The number of nitrogens with one attached hydrogen (secondary N) is 1. The summed E-state index contributed by atoms with van der Waals surface area (Å²) < 4.78 is 5.14. The van der Waals surface area contributed by atoms with Crippen molar-refractivity contribution in [2.24, 2.45) is 5.92 Å². The van der Waals surface area contributed by atoms with Crippen LogP contribution in [0, 0.1) is 5.92 Å². The summed E-state index contributed by atoms with van der Waals surface area (Å²) in [5.74, 6) is -1.60. The van der Waals surface area contributed by atoms with Gasteiger partial charge >= 0.3 is 12.0 Å². The molecule has 7 heteroatoms. The van der Waals surface area contributed by atoms with Gasteiger partial charge in [-0.1, -0.05) is 0 Å². The van der Waals surface area contributed by atoms with Crippen molar-refractivity contribution < 1.29 is 19.4 Å². The number of amides is 2. The summed E-state index contributed by atoms with van der Waals surface area (Å²) in [5, 5.41) is 15.4. The summed E-state index contributed by atoms with van der Waals surface area (Å²) in [7, 11) is 1.58. The molecule has 1 aliphatic rings. The van der Waals surface area contributed by atoms with Crippen LogP contribution in [0.3, 0.4) is 0 Å². The Morgan fingerprint density at radius 3 is 2.94 bits per heavy atom. The van der Waals surface area contributed by atoms with Crippen LogP contribution in [-0.4, -0.2) is 48.3 Å². The lowest BCUT2D eigenvalue weighted by molar-refractivity contribution is -0.142. The van der Waals surface area contributed by atoms with Crippen LogP contribution < -0.4 is 5.32 Å². The zero-order valence-corrected chi connectivity index (χ0v) is 10.6. The summed E-state index contributed by atoms with van der Waals surface area (Å²) in [4.78, 5) is 24.3. The minimum atomic E-state index is -0.937. The largest absolute Gasteiger partial charge is 0.481 e. The van der Waals surface area contributed by atoms with E-state index in [0.29, 0.717) is 5.69 Å². The van der Waals surface area contributed by atoms with Gasteiger partial charge in [-0.2, -0.15) is 11.3 Å². The molecule has 0 bridgehead atoms. The third-order valence-corrected chi connectivity index (χ3v) is 3.64. The zero-order chi connectivity index (χ0) is 13.1. The highest BCUT2D eigenvalue weighted by atomic mass is 32.1. The first-order chi connectivity index (χ1) is 8.59. The average molecular weight is 270 g/mol. The van der Waals surface area contributed by atoms with E-state index >= 15 is 0 Å². The Morgan fingerprint density at radius 1 is 1.56 bits per heavy atom. The molecule has 18 heavy (non-hydrogen) atoms. The van der Waals surface area contributed by atoms with Crippen molar-refractivity contribution in [2.45, 2.75) is 6.04 Å². The van der Waals surface area contributed by atoms with Crippen molar-refractivity contribution in [2.75, 3.05) is 25.6 Å². The Kier molecular flexibility index (Phi) is 3.83. The lowest BCUT2D eigenvalue weighted by Gasteiger charge is -2.26. The number of ether oxygens (including phenoxy) is 1. The van der Waals surface area contributed by atoms with Gasteiger partial charge in [-0.05, 0) is 11.4 Å². The van der Waals surface area contributed by atoms with Crippen molar-refractivity contribution in [3.05, 3.63) is 16.8 Å². The standard InChI is InChI=1S/C11H14N2O4S/c1-13(9-5-17-4-8(9)10(14)15)11(16)12-7-2-3-18-6-7/h2-3,6,8-9H,4-5H2,1H3,(H,12,16)(H,14,15). The Bertz CT molecular complexity index is 434. The number of rotatable bonds is 3. The van der Waals surface area contributed by atoms with Crippen LogP contribution in [0.15, 0.2) is 16.8 Å². The number of likely N-dealkylation sites (N-methyl/N-ethyl adjacent to an activating group) is 1. The van der Waals surface area contributed by atoms with E-state index in [1.54, 1.807) is 13.1 Å². The van der Waals surface area contributed by atoms with Gasteiger partial charge in [0.1, 0.15) is 5.92 Å². The fourth-order valence-electron chi connectivity index (χ4n) is 1.86. The second-order valence-electron chi connectivity index (χ2n) is 4.10.